The quantitative estimate of drug-likeness (QED) is 0.385. The van der Waals surface area contributed by atoms with Crippen LogP contribution in [0, 0.1) is 6.58 Å². The van der Waals surface area contributed by atoms with Gasteiger partial charge in [-0.2, -0.15) is 0 Å². The molecule has 2 nitrogen and oxygen atoms in total. The van der Waals surface area contributed by atoms with Gasteiger partial charge >= 0.3 is 80.0 Å². The third-order valence-corrected chi connectivity index (χ3v) is 7.57. The van der Waals surface area contributed by atoms with Crippen LogP contribution in [-0.2, 0) is 0 Å². The molecule has 0 unspecified atom stereocenters. The van der Waals surface area contributed by atoms with Crippen LogP contribution in [0.5, 0.6) is 0 Å². The van der Waals surface area contributed by atoms with Crippen molar-refractivity contribution in [3.63, 3.8) is 0 Å². The molecule has 0 aliphatic heterocycles. The molecule has 0 fully saturated rings. The van der Waals surface area contributed by atoms with Crippen LogP contribution in [0.15, 0.2) is 0 Å². The summed E-state index contributed by atoms with van der Waals surface area (Å²) in [6, 6.07) is 0. The van der Waals surface area contributed by atoms with E-state index in [1.165, 1.54) is 6.58 Å². The Morgan fingerprint density at radius 1 is 1.33 bits per heavy atom. The summed E-state index contributed by atoms with van der Waals surface area (Å²) in [6.07, 6.45) is 0. The standard InChI is InChI=1S/C4H6I2N2S/c1-5-3-4(6-2)9-8-7-3/h1-2H3/q-2. The summed E-state index contributed by atoms with van der Waals surface area (Å²) in [4.78, 5) is 4.50. The molecule has 0 saturated carbocycles. The van der Waals surface area contributed by atoms with Crippen LogP contribution in [0.4, 0.5) is 0 Å². The second-order valence-electron chi connectivity index (χ2n) is 1.22. The van der Waals surface area contributed by atoms with Crippen LogP contribution in [0.3, 0.4) is 0 Å². The zero-order valence-corrected chi connectivity index (χ0v) is 10.2. The topological polar surface area (TPSA) is 25.8 Å². The molecule has 1 aromatic rings. The van der Waals surface area contributed by atoms with Crippen molar-refractivity contribution < 1.29 is 42.4 Å². The van der Waals surface area contributed by atoms with Crippen LogP contribution in [-0.4, -0.2) is 19.4 Å². The maximum absolute atomic E-state index is 4.05. The van der Waals surface area contributed by atoms with E-state index < -0.39 is 0 Å². The van der Waals surface area contributed by atoms with Gasteiger partial charge in [0.15, 0.2) is 0 Å². The third-order valence-electron chi connectivity index (χ3n) is 0.762. The molecule has 0 spiro atoms. The Kier molecular flexibility index (Phi) is 3.62. The van der Waals surface area contributed by atoms with Gasteiger partial charge in [0.05, 0.1) is 0 Å². The first-order valence-electron chi connectivity index (χ1n) is 2.19. The Labute approximate surface area is 79.1 Å². The van der Waals surface area contributed by atoms with E-state index in [1.807, 2.05) is 0 Å². The van der Waals surface area contributed by atoms with E-state index in [2.05, 4.69) is 19.4 Å². The molecule has 0 N–H and O–H groups in total. The van der Waals surface area contributed by atoms with Gasteiger partial charge in [0.2, 0.25) is 0 Å². The first kappa shape index (κ1) is 8.12. The van der Waals surface area contributed by atoms with Crippen LogP contribution in [0.25, 0.3) is 0 Å². The first-order valence-corrected chi connectivity index (χ1v) is 9.44. The first-order chi connectivity index (χ1) is 4.38. The van der Waals surface area contributed by atoms with Gasteiger partial charge in [0.1, 0.15) is 0 Å². The van der Waals surface area contributed by atoms with Crippen molar-refractivity contribution in [1.29, 1.82) is 0 Å². The molecule has 0 radical (unpaired) electrons. The van der Waals surface area contributed by atoms with E-state index in [0.29, 0.717) is 0 Å². The molecule has 1 heterocycles. The van der Waals surface area contributed by atoms with Gasteiger partial charge in [-0.1, -0.05) is 0 Å². The molecule has 9 heavy (non-hydrogen) atoms. The van der Waals surface area contributed by atoms with Crippen LogP contribution in [0.1, 0.15) is 0 Å². The summed E-state index contributed by atoms with van der Waals surface area (Å²) in [5.41, 5.74) is 0. The number of aromatic nitrogens is 2. The SMILES string of the molecule is C[I-]c1nnsc1[I-]C. The molecule has 0 amide bonds. The second-order valence-corrected chi connectivity index (χ2v) is 6.96. The summed E-state index contributed by atoms with van der Waals surface area (Å²) in [6.45, 7) is 0. The molecule has 5 heteroatoms. The molecule has 0 aliphatic carbocycles. The van der Waals surface area contributed by atoms with Crippen molar-refractivity contribution in [2.24, 2.45) is 0 Å². The van der Waals surface area contributed by atoms with Crippen LogP contribution >= 0.6 is 11.5 Å². The van der Waals surface area contributed by atoms with Crippen molar-refractivity contribution in [3.05, 3.63) is 6.58 Å². The molecular weight excluding hydrogens is 362 g/mol. The maximum atomic E-state index is 4.05. The predicted molar refractivity (Wildman–Crippen MR) is 29.2 cm³/mol. The second kappa shape index (κ2) is 4.02. The normalized spacial score (nSPS) is 10.9. The van der Waals surface area contributed by atoms with Crippen molar-refractivity contribution in [1.82, 2.24) is 9.59 Å². The zero-order chi connectivity index (χ0) is 6.69. The molecule has 1 aromatic heterocycles. The zero-order valence-electron chi connectivity index (χ0n) is 5.06. The molecule has 0 saturated heterocycles. The molecule has 0 bridgehead atoms. The molecule has 54 valence electrons. The Morgan fingerprint density at radius 2 is 2.11 bits per heavy atom. The monoisotopic (exact) mass is 368 g/mol. The van der Waals surface area contributed by atoms with Gasteiger partial charge in [0, 0.05) is 0 Å². The van der Waals surface area contributed by atoms with Crippen molar-refractivity contribution in [3.8, 4) is 0 Å². The number of halogens is 2. The number of hydrogen-bond acceptors (Lipinski definition) is 3. The van der Waals surface area contributed by atoms with Gasteiger partial charge in [-0.25, -0.2) is 0 Å². The fourth-order valence-corrected chi connectivity index (χ4v) is 6.62. The summed E-state index contributed by atoms with van der Waals surface area (Å²) in [5.74, 6) is 0. The van der Waals surface area contributed by atoms with Gasteiger partial charge in [-0.15, -0.1) is 0 Å². The summed E-state index contributed by atoms with van der Waals surface area (Å²) in [5, 5.41) is 4.05. The van der Waals surface area contributed by atoms with E-state index in [-0.39, 0.29) is 42.4 Å². The Bertz CT molecular complexity index is 170. The van der Waals surface area contributed by atoms with E-state index in [0.717, 1.165) is 0 Å². The number of hydrogen-bond donors (Lipinski definition) is 0. The van der Waals surface area contributed by atoms with Crippen molar-refractivity contribution in [2.75, 3.05) is 9.86 Å². The van der Waals surface area contributed by atoms with Crippen LogP contribution in [0.2, 0.25) is 0 Å². The number of rotatable bonds is 2. The van der Waals surface area contributed by atoms with Crippen LogP contribution < -0.4 is 42.4 Å². The summed E-state index contributed by atoms with van der Waals surface area (Å²) in [7, 11) is 0. The van der Waals surface area contributed by atoms with Gasteiger partial charge in [-0.05, 0) is 0 Å². The molecule has 1 rings (SSSR count). The summed E-state index contributed by atoms with van der Waals surface area (Å²) >= 11 is 2.01. The van der Waals surface area contributed by atoms with E-state index in [4.69, 9.17) is 0 Å². The van der Waals surface area contributed by atoms with E-state index in [9.17, 15) is 0 Å². The van der Waals surface area contributed by atoms with Crippen molar-refractivity contribution >= 4 is 11.5 Å². The number of alkyl halides is 2. The van der Waals surface area contributed by atoms with Gasteiger partial charge < -0.3 is 0 Å². The molecule has 0 aromatic carbocycles. The third kappa shape index (κ3) is 1.97. The van der Waals surface area contributed by atoms with Gasteiger partial charge in [0.25, 0.3) is 0 Å². The minimum absolute atomic E-state index is 0.183. The average molecular weight is 368 g/mol. The fraction of sp³-hybridized carbons (Fsp3) is 0.500. The predicted octanol–water partition coefficient (Wildman–Crippen LogP) is -5.69. The average Bonchev–Trinajstić information content (AvgIpc) is 2.33. The molecule has 0 aliphatic rings. The molecule has 0 atom stereocenters. The molecular formula is C4H6I2N2S-2. The van der Waals surface area contributed by atoms with E-state index in [1.54, 1.807) is 11.5 Å². The Balaban J connectivity index is 2.85. The Hall–Kier alpha value is 1.02. The Morgan fingerprint density at radius 3 is 2.56 bits per heavy atom. The van der Waals surface area contributed by atoms with E-state index >= 15 is 0 Å². The summed E-state index contributed by atoms with van der Waals surface area (Å²) < 4.78 is 6.73. The number of nitrogens with zero attached hydrogens (tertiary/aromatic N) is 2. The fourth-order valence-electron chi connectivity index (χ4n) is 0.394. The van der Waals surface area contributed by atoms with Crippen molar-refractivity contribution in [2.45, 2.75) is 0 Å². The minimum atomic E-state index is 0.183. The van der Waals surface area contributed by atoms with Gasteiger partial charge in [-0.3, -0.25) is 0 Å².